The van der Waals surface area contributed by atoms with Gasteiger partial charge in [-0.25, -0.2) is 0 Å². The summed E-state index contributed by atoms with van der Waals surface area (Å²) in [5.41, 5.74) is 2.61. The molecule has 1 aromatic rings. The van der Waals surface area contributed by atoms with Crippen molar-refractivity contribution < 1.29 is 9.84 Å². The Labute approximate surface area is 121 Å². The van der Waals surface area contributed by atoms with Crippen molar-refractivity contribution in [3.63, 3.8) is 0 Å². The molecule has 0 bridgehead atoms. The Bertz CT molecular complexity index is 409. The average Bonchev–Trinajstić information content (AvgIpc) is 2.94. The van der Waals surface area contributed by atoms with E-state index in [9.17, 15) is 5.11 Å². The molecule has 0 spiro atoms. The number of ether oxygens (including phenoxy) is 1. The van der Waals surface area contributed by atoms with Crippen LogP contribution in [-0.4, -0.2) is 44.6 Å². The molecule has 0 aromatic heterocycles. The van der Waals surface area contributed by atoms with Crippen molar-refractivity contribution in [1.29, 1.82) is 0 Å². The topological polar surface area (TPSA) is 44.7 Å². The van der Waals surface area contributed by atoms with Crippen LogP contribution in [0, 0.1) is 5.92 Å². The lowest BCUT2D eigenvalue weighted by atomic mass is 10.0. The number of aliphatic hydroxyl groups is 1. The van der Waals surface area contributed by atoms with E-state index in [-0.39, 0.29) is 6.10 Å². The van der Waals surface area contributed by atoms with Crippen LogP contribution < -0.4 is 10.2 Å². The zero-order valence-corrected chi connectivity index (χ0v) is 12.5. The number of nitrogens with zero attached hydrogens (tertiary/aromatic N) is 1. The molecule has 4 heteroatoms. The van der Waals surface area contributed by atoms with E-state index in [1.54, 1.807) is 7.11 Å². The maximum Gasteiger partial charge on any atom is 0.0587 e. The zero-order valence-electron chi connectivity index (χ0n) is 12.5. The standard InChI is InChI=1S/C16H26N2O2/c1-13(19)15-7-9-18(12-15)16-6-4-3-5-14(16)11-17-8-10-20-2/h3-6,13,15,17,19H,7-12H2,1-2H3. The van der Waals surface area contributed by atoms with Gasteiger partial charge >= 0.3 is 0 Å². The molecule has 20 heavy (non-hydrogen) atoms. The van der Waals surface area contributed by atoms with Gasteiger partial charge in [0.25, 0.3) is 0 Å². The number of rotatable bonds is 7. The molecule has 0 amide bonds. The van der Waals surface area contributed by atoms with E-state index in [1.807, 2.05) is 6.92 Å². The van der Waals surface area contributed by atoms with Crippen LogP contribution in [0.25, 0.3) is 0 Å². The summed E-state index contributed by atoms with van der Waals surface area (Å²) in [6, 6.07) is 8.52. The second-order valence-electron chi connectivity index (χ2n) is 5.53. The first-order valence-electron chi connectivity index (χ1n) is 7.43. The summed E-state index contributed by atoms with van der Waals surface area (Å²) in [4.78, 5) is 2.39. The Morgan fingerprint density at radius 3 is 2.95 bits per heavy atom. The lowest BCUT2D eigenvalue weighted by molar-refractivity contribution is 0.136. The van der Waals surface area contributed by atoms with Crippen LogP contribution in [0.1, 0.15) is 18.9 Å². The second kappa shape index (κ2) is 7.62. The summed E-state index contributed by atoms with van der Waals surface area (Å²) in [7, 11) is 1.72. The fourth-order valence-corrected chi connectivity index (χ4v) is 2.77. The highest BCUT2D eigenvalue weighted by atomic mass is 16.5. The van der Waals surface area contributed by atoms with Gasteiger partial charge in [-0.3, -0.25) is 0 Å². The number of hydrogen-bond acceptors (Lipinski definition) is 4. The van der Waals surface area contributed by atoms with E-state index in [1.165, 1.54) is 11.3 Å². The Morgan fingerprint density at radius 1 is 1.45 bits per heavy atom. The van der Waals surface area contributed by atoms with Crippen molar-refractivity contribution >= 4 is 5.69 Å². The summed E-state index contributed by atoms with van der Waals surface area (Å²) in [6.45, 7) is 6.33. The molecule has 1 aliphatic heterocycles. The third kappa shape index (κ3) is 3.95. The Kier molecular flexibility index (Phi) is 5.83. The molecule has 0 aliphatic carbocycles. The monoisotopic (exact) mass is 278 g/mol. The number of nitrogens with one attached hydrogen (secondary N) is 1. The maximum absolute atomic E-state index is 9.73. The quantitative estimate of drug-likeness (QED) is 0.744. The molecule has 1 fully saturated rings. The number of benzene rings is 1. The van der Waals surface area contributed by atoms with Gasteiger partial charge in [0.05, 0.1) is 12.7 Å². The van der Waals surface area contributed by atoms with Crippen molar-refractivity contribution in [3.05, 3.63) is 29.8 Å². The second-order valence-corrected chi connectivity index (χ2v) is 5.53. The van der Waals surface area contributed by atoms with Gasteiger partial charge in [-0.2, -0.15) is 0 Å². The predicted molar refractivity (Wildman–Crippen MR) is 82.0 cm³/mol. The van der Waals surface area contributed by atoms with Crippen LogP contribution in [0.2, 0.25) is 0 Å². The summed E-state index contributed by atoms with van der Waals surface area (Å²) in [5, 5.41) is 13.1. The van der Waals surface area contributed by atoms with Gasteiger partial charge in [0.2, 0.25) is 0 Å². The van der Waals surface area contributed by atoms with Gasteiger partial charge in [-0.05, 0) is 25.0 Å². The third-order valence-corrected chi connectivity index (χ3v) is 4.04. The van der Waals surface area contributed by atoms with E-state index in [4.69, 9.17) is 4.74 Å². The first kappa shape index (κ1) is 15.3. The highest BCUT2D eigenvalue weighted by molar-refractivity contribution is 5.54. The molecular formula is C16H26N2O2. The van der Waals surface area contributed by atoms with Crippen molar-refractivity contribution in [2.24, 2.45) is 5.92 Å². The van der Waals surface area contributed by atoms with E-state index < -0.39 is 0 Å². The molecule has 1 saturated heterocycles. The molecular weight excluding hydrogens is 252 g/mol. The summed E-state index contributed by atoms with van der Waals surface area (Å²) in [5.74, 6) is 0.393. The summed E-state index contributed by atoms with van der Waals surface area (Å²) in [6.07, 6.45) is 0.857. The molecule has 1 aliphatic rings. The SMILES string of the molecule is COCCNCc1ccccc1N1CCC(C(C)O)C1. The van der Waals surface area contributed by atoms with Gasteiger partial charge in [-0.1, -0.05) is 18.2 Å². The molecule has 0 radical (unpaired) electrons. The van der Waals surface area contributed by atoms with Gasteiger partial charge in [0, 0.05) is 44.9 Å². The Hall–Kier alpha value is -1.10. The highest BCUT2D eigenvalue weighted by Gasteiger charge is 2.26. The average molecular weight is 278 g/mol. The molecule has 0 saturated carbocycles. The molecule has 1 heterocycles. The molecule has 2 rings (SSSR count). The van der Waals surface area contributed by atoms with Crippen molar-refractivity contribution in [2.45, 2.75) is 26.0 Å². The first-order chi connectivity index (χ1) is 9.72. The minimum atomic E-state index is -0.216. The first-order valence-corrected chi connectivity index (χ1v) is 7.43. The lowest BCUT2D eigenvalue weighted by Gasteiger charge is -2.23. The van der Waals surface area contributed by atoms with Crippen molar-refractivity contribution in [3.8, 4) is 0 Å². The molecule has 2 unspecified atom stereocenters. The van der Waals surface area contributed by atoms with Gasteiger partial charge in [-0.15, -0.1) is 0 Å². The van der Waals surface area contributed by atoms with Crippen LogP contribution in [0.15, 0.2) is 24.3 Å². The minimum absolute atomic E-state index is 0.216. The number of para-hydroxylation sites is 1. The fraction of sp³-hybridized carbons (Fsp3) is 0.625. The Balaban J connectivity index is 1.97. The number of methoxy groups -OCH3 is 1. The normalized spacial score (nSPS) is 20.4. The van der Waals surface area contributed by atoms with Crippen LogP contribution in [0.3, 0.4) is 0 Å². The molecule has 112 valence electrons. The zero-order chi connectivity index (χ0) is 14.4. The predicted octanol–water partition coefficient (Wildman–Crippen LogP) is 1.63. The minimum Gasteiger partial charge on any atom is -0.393 e. The van der Waals surface area contributed by atoms with Crippen LogP contribution in [-0.2, 0) is 11.3 Å². The van der Waals surface area contributed by atoms with E-state index in [0.29, 0.717) is 5.92 Å². The van der Waals surface area contributed by atoms with E-state index in [2.05, 4.69) is 34.5 Å². The number of anilines is 1. The Morgan fingerprint density at radius 2 is 2.25 bits per heavy atom. The maximum atomic E-state index is 9.73. The highest BCUT2D eigenvalue weighted by Crippen LogP contribution is 2.28. The molecule has 1 aromatic carbocycles. The van der Waals surface area contributed by atoms with E-state index >= 15 is 0 Å². The number of aliphatic hydroxyl groups excluding tert-OH is 1. The fourth-order valence-electron chi connectivity index (χ4n) is 2.77. The van der Waals surface area contributed by atoms with Gasteiger partial charge < -0.3 is 20.1 Å². The van der Waals surface area contributed by atoms with Crippen LogP contribution >= 0.6 is 0 Å². The summed E-state index contributed by atoms with van der Waals surface area (Å²) >= 11 is 0. The van der Waals surface area contributed by atoms with Gasteiger partial charge in [0.15, 0.2) is 0 Å². The smallest absolute Gasteiger partial charge is 0.0587 e. The van der Waals surface area contributed by atoms with Crippen molar-refractivity contribution in [2.75, 3.05) is 38.3 Å². The molecule has 4 nitrogen and oxygen atoms in total. The largest absolute Gasteiger partial charge is 0.393 e. The molecule has 2 N–H and O–H groups in total. The summed E-state index contributed by atoms with van der Waals surface area (Å²) < 4.78 is 5.05. The van der Waals surface area contributed by atoms with Crippen LogP contribution in [0.5, 0.6) is 0 Å². The lowest BCUT2D eigenvalue weighted by Crippen LogP contribution is -2.26. The van der Waals surface area contributed by atoms with Gasteiger partial charge in [0.1, 0.15) is 0 Å². The molecule has 2 atom stereocenters. The number of hydrogen-bond donors (Lipinski definition) is 2. The van der Waals surface area contributed by atoms with Crippen LogP contribution in [0.4, 0.5) is 5.69 Å². The van der Waals surface area contributed by atoms with E-state index in [0.717, 1.165) is 39.2 Å². The van der Waals surface area contributed by atoms with Crippen molar-refractivity contribution in [1.82, 2.24) is 5.32 Å². The third-order valence-electron chi connectivity index (χ3n) is 4.04.